The molecule has 25 heavy (non-hydrogen) atoms. The van der Waals surface area contributed by atoms with Crippen LogP contribution in [0.3, 0.4) is 0 Å². The van der Waals surface area contributed by atoms with Crippen molar-refractivity contribution < 1.29 is 14.6 Å². The van der Waals surface area contributed by atoms with Crippen molar-refractivity contribution in [2.45, 2.75) is 32.0 Å². The molecule has 1 unspecified atom stereocenters. The standard InChI is InChI=1S/C18H30N6O/c1-5-7-22(4)18(25)17-13-23-8-6-14(17)9-16(23)12-24-11-15(19-20-24)10-21(2)3/h5,11,14,16-17H,1,6-10,12-13H2,2-4H3/p+2/t14-,16+,17-/m0/s1. The highest BCUT2D eigenvalue weighted by atomic mass is 16.2. The Kier molecular flexibility index (Phi) is 5.54. The molecule has 7 nitrogen and oxygen atoms in total. The second-order valence-corrected chi connectivity index (χ2v) is 8.02. The summed E-state index contributed by atoms with van der Waals surface area (Å²) in [6.07, 6.45) is 6.15. The lowest BCUT2D eigenvalue weighted by Gasteiger charge is -2.46. The SMILES string of the molecule is C=CCN(C)C(=O)[C@H]1C[NH+]2CC[C@H]1C[C@@H]2Cn1cc(C[NH+](C)C)nn1. The van der Waals surface area contributed by atoms with E-state index in [-0.39, 0.29) is 11.8 Å². The lowest BCUT2D eigenvalue weighted by Crippen LogP contribution is -3.20. The number of hydrogen-bond donors (Lipinski definition) is 2. The van der Waals surface area contributed by atoms with Crippen LogP contribution in [0.5, 0.6) is 0 Å². The predicted molar refractivity (Wildman–Crippen MR) is 95.1 cm³/mol. The van der Waals surface area contributed by atoms with Crippen LogP contribution in [0.1, 0.15) is 18.5 Å². The minimum absolute atomic E-state index is 0.175. The summed E-state index contributed by atoms with van der Waals surface area (Å²) >= 11 is 0. The van der Waals surface area contributed by atoms with Gasteiger partial charge < -0.3 is 14.7 Å². The molecule has 0 radical (unpaired) electrons. The average molecular weight is 348 g/mol. The highest BCUT2D eigenvalue weighted by Crippen LogP contribution is 2.28. The van der Waals surface area contributed by atoms with Crippen molar-refractivity contribution in [3.8, 4) is 0 Å². The van der Waals surface area contributed by atoms with E-state index in [4.69, 9.17) is 0 Å². The molecule has 1 aromatic rings. The van der Waals surface area contributed by atoms with Crippen LogP contribution < -0.4 is 9.80 Å². The maximum Gasteiger partial charge on any atom is 0.231 e. The molecule has 0 aromatic carbocycles. The zero-order valence-corrected chi connectivity index (χ0v) is 15.7. The molecule has 2 bridgehead atoms. The van der Waals surface area contributed by atoms with E-state index in [0.29, 0.717) is 18.5 Å². The molecular formula is C18H32N6O+2. The van der Waals surface area contributed by atoms with Gasteiger partial charge in [-0.15, -0.1) is 11.7 Å². The summed E-state index contributed by atoms with van der Waals surface area (Å²) in [7, 11) is 6.13. The summed E-state index contributed by atoms with van der Waals surface area (Å²) in [6.45, 7) is 8.31. The van der Waals surface area contributed by atoms with Gasteiger partial charge in [0.05, 0.1) is 45.8 Å². The maximum absolute atomic E-state index is 12.7. The van der Waals surface area contributed by atoms with Crippen LogP contribution in [0.15, 0.2) is 18.9 Å². The first kappa shape index (κ1) is 18.1. The van der Waals surface area contributed by atoms with E-state index in [0.717, 1.165) is 38.2 Å². The zero-order valence-electron chi connectivity index (χ0n) is 15.7. The molecule has 1 aromatic heterocycles. The van der Waals surface area contributed by atoms with Gasteiger partial charge in [-0.1, -0.05) is 11.3 Å². The number of quaternary nitrogens is 2. The Balaban J connectivity index is 1.59. The van der Waals surface area contributed by atoms with Gasteiger partial charge in [0.2, 0.25) is 5.91 Å². The van der Waals surface area contributed by atoms with Crippen molar-refractivity contribution in [3.05, 3.63) is 24.5 Å². The molecule has 0 aliphatic carbocycles. The molecule has 1 amide bonds. The molecule has 4 heterocycles. The summed E-state index contributed by atoms with van der Waals surface area (Å²) in [5.41, 5.74) is 1.05. The van der Waals surface area contributed by atoms with E-state index in [1.165, 1.54) is 11.4 Å². The maximum atomic E-state index is 12.7. The van der Waals surface area contributed by atoms with Gasteiger partial charge in [-0.3, -0.25) is 4.79 Å². The molecular weight excluding hydrogens is 316 g/mol. The Morgan fingerprint density at radius 2 is 2.36 bits per heavy atom. The van der Waals surface area contributed by atoms with Crippen LogP contribution in [-0.2, 0) is 17.9 Å². The Labute approximate surface area is 150 Å². The number of piperidine rings is 3. The normalized spacial score (nSPS) is 28.3. The minimum atomic E-state index is 0.175. The molecule has 3 aliphatic rings. The molecule has 4 rings (SSSR count). The molecule has 4 atom stereocenters. The van der Waals surface area contributed by atoms with E-state index >= 15 is 0 Å². The number of carbonyl (C=O) groups excluding carboxylic acids is 1. The molecule has 138 valence electrons. The van der Waals surface area contributed by atoms with Crippen LogP contribution in [0.2, 0.25) is 0 Å². The monoisotopic (exact) mass is 348 g/mol. The summed E-state index contributed by atoms with van der Waals surface area (Å²) in [5, 5.41) is 8.59. The van der Waals surface area contributed by atoms with Gasteiger partial charge >= 0.3 is 0 Å². The van der Waals surface area contributed by atoms with Crippen molar-refractivity contribution in [1.82, 2.24) is 19.9 Å². The van der Waals surface area contributed by atoms with E-state index in [2.05, 4.69) is 37.2 Å². The minimum Gasteiger partial charge on any atom is -0.342 e. The Bertz CT molecular complexity index is 612. The van der Waals surface area contributed by atoms with Crippen molar-refractivity contribution in [2.24, 2.45) is 11.8 Å². The number of likely N-dealkylation sites (N-methyl/N-ethyl adjacent to an activating group) is 1. The zero-order chi connectivity index (χ0) is 18.0. The van der Waals surface area contributed by atoms with Crippen LogP contribution in [-0.4, -0.2) is 72.6 Å². The largest absolute Gasteiger partial charge is 0.342 e. The second-order valence-electron chi connectivity index (χ2n) is 8.02. The van der Waals surface area contributed by atoms with Gasteiger partial charge in [0.25, 0.3) is 0 Å². The lowest BCUT2D eigenvalue weighted by molar-refractivity contribution is -0.945. The van der Waals surface area contributed by atoms with Crippen LogP contribution in [0, 0.1) is 11.8 Å². The molecule has 3 saturated heterocycles. The number of aromatic nitrogens is 3. The third kappa shape index (κ3) is 4.10. The Morgan fingerprint density at radius 1 is 1.56 bits per heavy atom. The summed E-state index contributed by atoms with van der Waals surface area (Å²) in [4.78, 5) is 17.4. The topological polar surface area (TPSA) is 59.9 Å². The first-order chi connectivity index (χ1) is 12.0. The Morgan fingerprint density at radius 3 is 3.00 bits per heavy atom. The fourth-order valence-electron chi connectivity index (χ4n) is 4.46. The van der Waals surface area contributed by atoms with Gasteiger partial charge in [-0.2, -0.15) is 0 Å². The lowest BCUT2D eigenvalue weighted by atomic mass is 9.75. The first-order valence-electron chi connectivity index (χ1n) is 9.36. The number of amides is 1. The van der Waals surface area contributed by atoms with Gasteiger partial charge in [-0.05, 0) is 5.92 Å². The number of nitrogens with one attached hydrogen (secondary N) is 2. The predicted octanol–water partition coefficient (Wildman–Crippen LogP) is -2.14. The smallest absolute Gasteiger partial charge is 0.231 e. The van der Waals surface area contributed by atoms with Gasteiger partial charge in [-0.25, -0.2) is 4.68 Å². The van der Waals surface area contributed by atoms with E-state index < -0.39 is 0 Å². The molecule has 3 aliphatic heterocycles. The molecule has 7 heteroatoms. The summed E-state index contributed by atoms with van der Waals surface area (Å²) in [6, 6.07) is 0.550. The van der Waals surface area contributed by atoms with Crippen molar-refractivity contribution in [2.75, 3.05) is 40.8 Å². The number of hydrogen-bond acceptors (Lipinski definition) is 3. The fourth-order valence-corrected chi connectivity index (χ4v) is 4.46. The van der Waals surface area contributed by atoms with E-state index in [9.17, 15) is 4.79 Å². The van der Waals surface area contributed by atoms with Crippen LogP contribution in [0.25, 0.3) is 0 Å². The molecule has 2 N–H and O–H groups in total. The highest BCUT2D eigenvalue weighted by Gasteiger charge is 2.47. The van der Waals surface area contributed by atoms with Crippen LogP contribution in [0.4, 0.5) is 0 Å². The Hall–Kier alpha value is -1.73. The fraction of sp³-hybridized carbons (Fsp3) is 0.722. The van der Waals surface area contributed by atoms with Gasteiger partial charge in [0.1, 0.15) is 18.3 Å². The van der Waals surface area contributed by atoms with Crippen molar-refractivity contribution in [3.63, 3.8) is 0 Å². The average Bonchev–Trinajstić information content (AvgIpc) is 3.01. The van der Waals surface area contributed by atoms with E-state index in [1.807, 2.05) is 16.6 Å². The number of nitrogens with zero attached hydrogens (tertiary/aromatic N) is 4. The highest BCUT2D eigenvalue weighted by molar-refractivity contribution is 5.79. The third-order valence-electron chi connectivity index (χ3n) is 5.68. The quantitative estimate of drug-likeness (QED) is 0.553. The third-order valence-corrected chi connectivity index (χ3v) is 5.68. The van der Waals surface area contributed by atoms with Gasteiger partial charge in [0, 0.05) is 26.4 Å². The van der Waals surface area contributed by atoms with Crippen molar-refractivity contribution in [1.29, 1.82) is 0 Å². The first-order valence-corrected chi connectivity index (χ1v) is 9.36. The number of carbonyl (C=O) groups is 1. The van der Waals surface area contributed by atoms with Crippen molar-refractivity contribution >= 4 is 5.91 Å². The molecule has 3 fully saturated rings. The van der Waals surface area contributed by atoms with Gasteiger partial charge in [0.15, 0.2) is 0 Å². The van der Waals surface area contributed by atoms with E-state index in [1.54, 1.807) is 11.0 Å². The number of fused-ring (bicyclic) bond motifs is 3. The molecule has 0 saturated carbocycles. The van der Waals surface area contributed by atoms with Crippen LogP contribution >= 0.6 is 0 Å². The summed E-state index contributed by atoms with van der Waals surface area (Å²) in [5.74, 6) is 0.975. The summed E-state index contributed by atoms with van der Waals surface area (Å²) < 4.78 is 2.00. The number of rotatable bonds is 7. The second kappa shape index (κ2) is 7.66. The molecule has 0 spiro atoms.